The molecular formula is C57H107NO5. The van der Waals surface area contributed by atoms with Crippen LogP contribution in [0.15, 0.2) is 36.5 Å². The zero-order valence-electron chi connectivity index (χ0n) is 42.1. The van der Waals surface area contributed by atoms with Crippen molar-refractivity contribution < 1.29 is 24.5 Å². The molecule has 0 rings (SSSR count). The highest BCUT2D eigenvalue weighted by molar-refractivity contribution is 5.76. The van der Waals surface area contributed by atoms with E-state index in [1.165, 1.54) is 205 Å². The van der Waals surface area contributed by atoms with Gasteiger partial charge in [0, 0.05) is 12.8 Å². The van der Waals surface area contributed by atoms with E-state index in [-0.39, 0.29) is 18.5 Å². The third-order valence-electron chi connectivity index (χ3n) is 12.6. The predicted molar refractivity (Wildman–Crippen MR) is 273 cm³/mol. The van der Waals surface area contributed by atoms with Crippen LogP contribution in [0.25, 0.3) is 0 Å². The van der Waals surface area contributed by atoms with Gasteiger partial charge in [-0.05, 0) is 83.5 Å². The van der Waals surface area contributed by atoms with Crippen molar-refractivity contribution in [3.63, 3.8) is 0 Å². The number of esters is 1. The number of hydrogen-bond donors (Lipinski definition) is 3. The van der Waals surface area contributed by atoms with Gasteiger partial charge in [0.05, 0.1) is 25.4 Å². The number of amides is 1. The molecule has 0 bridgehead atoms. The second-order valence-corrected chi connectivity index (χ2v) is 18.9. The molecule has 2 atom stereocenters. The fraction of sp³-hybridized carbons (Fsp3) is 0.860. The normalized spacial score (nSPS) is 12.9. The maximum Gasteiger partial charge on any atom is 0.305 e. The summed E-state index contributed by atoms with van der Waals surface area (Å²) in [6, 6.07) is -0.637. The lowest BCUT2D eigenvalue weighted by Gasteiger charge is -2.20. The first-order valence-electron chi connectivity index (χ1n) is 27.8. The molecule has 63 heavy (non-hydrogen) atoms. The lowest BCUT2D eigenvalue weighted by molar-refractivity contribution is -0.143. The number of rotatable bonds is 51. The van der Waals surface area contributed by atoms with Gasteiger partial charge in [0.25, 0.3) is 0 Å². The van der Waals surface area contributed by atoms with E-state index in [2.05, 4.69) is 43.5 Å². The van der Waals surface area contributed by atoms with Crippen LogP contribution in [0, 0.1) is 0 Å². The maximum absolute atomic E-state index is 12.4. The molecule has 0 heterocycles. The second kappa shape index (κ2) is 52.7. The smallest absolute Gasteiger partial charge is 0.305 e. The fourth-order valence-corrected chi connectivity index (χ4v) is 8.33. The number of ether oxygens (including phenoxy) is 1. The highest BCUT2D eigenvalue weighted by Crippen LogP contribution is 2.16. The first-order chi connectivity index (χ1) is 31.0. The van der Waals surface area contributed by atoms with Crippen LogP contribution in [0.4, 0.5) is 0 Å². The van der Waals surface area contributed by atoms with Gasteiger partial charge in [-0.15, -0.1) is 0 Å². The van der Waals surface area contributed by atoms with Crippen LogP contribution < -0.4 is 5.32 Å². The van der Waals surface area contributed by atoms with Gasteiger partial charge in [0.2, 0.25) is 5.91 Å². The Balaban J connectivity index is 3.50. The molecule has 1 amide bonds. The number of allylic oxidation sites excluding steroid dienone is 5. The molecular weight excluding hydrogens is 779 g/mol. The zero-order valence-corrected chi connectivity index (χ0v) is 42.1. The first kappa shape index (κ1) is 61.1. The third kappa shape index (κ3) is 49.4. The quantitative estimate of drug-likeness (QED) is 0.0321. The fourth-order valence-electron chi connectivity index (χ4n) is 8.33. The molecule has 0 saturated heterocycles. The van der Waals surface area contributed by atoms with Crippen molar-refractivity contribution in [1.29, 1.82) is 0 Å². The van der Waals surface area contributed by atoms with Crippen LogP contribution in [-0.4, -0.2) is 47.4 Å². The van der Waals surface area contributed by atoms with Crippen molar-refractivity contribution in [3.8, 4) is 0 Å². The van der Waals surface area contributed by atoms with Gasteiger partial charge in [-0.3, -0.25) is 9.59 Å². The van der Waals surface area contributed by atoms with E-state index >= 15 is 0 Å². The Labute approximate surface area is 392 Å². The minimum Gasteiger partial charge on any atom is -0.466 e. The minimum absolute atomic E-state index is 0.0124. The summed E-state index contributed by atoms with van der Waals surface area (Å²) in [7, 11) is 0. The minimum atomic E-state index is -0.852. The molecule has 3 N–H and O–H groups in total. The van der Waals surface area contributed by atoms with E-state index in [1.54, 1.807) is 6.08 Å². The zero-order chi connectivity index (χ0) is 45.8. The van der Waals surface area contributed by atoms with Crippen LogP contribution in [0.2, 0.25) is 0 Å². The van der Waals surface area contributed by atoms with Gasteiger partial charge in [-0.25, -0.2) is 0 Å². The van der Waals surface area contributed by atoms with Crippen LogP contribution in [0.1, 0.15) is 290 Å². The van der Waals surface area contributed by atoms with E-state index in [4.69, 9.17) is 4.74 Å². The SMILES string of the molecule is CCCCCC/C=C\CCCCCCCC(=O)OCCCCCCCC/C=C\CCCCCCCCCC(=O)NC(CO)C(O)/C=C/CCCCCCCCCCCCCCCC. The molecule has 0 aromatic carbocycles. The summed E-state index contributed by atoms with van der Waals surface area (Å²) in [4.78, 5) is 24.5. The number of aliphatic hydroxyl groups is 2. The van der Waals surface area contributed by atoms with Gasteiger partial charge >= 0.3 is 5.97 Å². The Morgan fingerprint density at radius 1 is 0.429 bits per heavy atom. The summed E-state index contributed by atoms with van der Waals surface area (Å²) >= 11 is 0. The lowest BCUT2D eigenvalue weighted by Crippen LogP contribution is -2.45. The molecule has 0 saturated carbocycles. The number of aliphatic hydroxyl groups excluding tert-OH is 2. The summed E-state index contributed by atoms with van der Waals surface area (Å²) in [6.07, 6.45) is 64.4. The molecule has 0 aromatic heterocycles. The maximum atomic E-state index is 12.4. The van der Waals surface area contributed by atoms with Crippen LogP contribution >= 0.6 is 0 Å². The van der Waals surface area contributed by atoms with Crippen molar-refractivity contribution in [3.05, 3.63) is 36.5 Å². The largest absolute Gasteiger partial charge is 0.466 e. The molecule has 0 aliphatic carbocycles. The number of carbonyl (C=O) groups excluding carboxylic acids is 2. The Bertz CT molecular complexity index is 1020. The van der Waals surface area contributed by atoms with Gasteiger partial charge in [0.1, 0.15) is 0 Å². The number of hydrogen-bond acceptors (Lipinski definition) is 5. The summed E-state index contributed by atoms with van der Waals surface area (Å²) in [5.74, 6) is -0.0921. The highest BCUT2D eigenvalue weighted by Gasteiger charge is 2.18. The Morgan fingerprint density at radius 2 is 0.746 bits per heavy atom. The summed E-state index contributed by atoms with van der Waals surface area (Å²) in [5, 5.41) is 23.1. The molecule has 2 unspecified atom stereocenters. The summed E-state index contributed by atoms with van der Waals surface area (Å²) in [5.41, 5.74) is 0. The molecule has 0 spiro atoms. The van der Waals surface area contributed by atoms with Crippen molar-refractivity contribution in [2.24, 2.45) is 0 Å². The molecule has 0 aromatic rings. The van der Waals surface area contributed by atoms with E-state index in [0.717, 1.165) is 57.8 Å². The van der Waals surface area contributed by atoms with Crippen LogP contribution in [-0.2, 0) is 14.3 Å². The van der Waals surface area contributed by atoms with Crippen LogP contribution in [0.5, 0.6) is 0 Å². The van der Waals surface area contributed by atoms with Crippen LogP contribution in [0.3, 0.4) is 0 Å². The number of unbranched alkanes of at least 4 members (excludes halogenated alkanes) is 36. The highest BCUT2D eigenvalue weighted by atomic mass is 16.5. The molecule has 0 aliphatic rings. The number of carbonyl (C=O) groups is 2. The summed E-state index contributed by atoms with van der Waals surface area (Å²) < 4.78 is 5.45. The lowest BCUT2D eigenvalue weighted by atomic mass is 10.0. The van der Waals surface area contributed by atoms with E-state index < -0.39 is 12.1 Å². The topological polar surface area (TPSA) is 95.9 Å². The Hall–Kier alpha value is -1.92. The van der Waals surface area contributed by atoms with Gasteiger partial charge in [-0.1, -0.05) is 230 Å². The van der Waals surface area contributed by atoms with Crippen molar-refractivity contribution in [2.45, 2.75) is 302 Å². The molecule has 0 fully saturated rings. The van der Waals surface area contributed by atoms with Gasteiger partial charge in [0.15, 0.2) is 0 Å². The Kier molecular flexibility index (Phi) is 51.1. The molecule has 0 aliphatic heterocycles. The average Bonchev–Trinajstić information content (AvgIpc) is 3.28. The standard InChI is InChI=1S/C57H107NO5/c1-3-5-7-9-11-13-15-17-18-22-26-29-33-37-41-45-49-55(60)54(53-59)58-56(61)50-46-42-38-34-30-27-23-20-19-21-24-28-32-36-40-44-48-52-63-57(62)51-47-43-39-35-31-25-16-14-12-10-8-6-4-2/h14,16,19,21,45,49,54-55,59-60H,3-13,15,17-18,20,22-44,46-48,50-53H2,1-2H3,(H,58,61)/b16-14-,21-19-,49-45+. The van der Waals surface area contributed by atoms with Gasteiger partial charge < -0.3 is 20.3 Å². The average molecular weight is 886 g/mol. The number of nitrogens with one attached hydrogen (secondary N) is 1. The molecule has 6 heteroatoms. The van der Waals surface area contributed by atoms with Gasteiger partial charge in [-0.2, -0.15) is 0 Å². The summed E-state index contributed by atoms with van der Waals surface area (Å²) in [6.45, 7) is 4.86. The monoisotopic (exact) mass is 886 g/mol. The van der Waals surface area contributed by atoms with Crippen molar-refractivity contribution >= 4 is 11.9 Å². The molecule has 0 radical (unpaired) electrons. The molecule has 6 nitrogen and oxygen atoms in total. The first-order valence-corrected chi connectivity index (χ1v) is 27.8. The Morgan fingerprint density at radius 3 is 1.14 bits per heavy atom. The van der Waals surface area contributed by atoms with Crippen molar-refractivity contribution in [2.75, 3.05) is 13.2 Å². The second-order valence-electron chi connectivity index (χ2n) is 18.9. The van der Waals surface area contributed by atoms with Crippen molar-refractivity contribution in [1.82, 2.24) is 5.32 Å². The van der Waals surface area contributed by atoms with E-state index in [0.29, 0.717) is 19.4 Å². The predicted octanol–water partition coefficient (Wildman–Crippen LogP) is 16.9. The van der Waals surface area contributed by atoms with E-state index in [9.17, 15) is 19.8 Å². The van der Waals surface area contributed by atoms with E-state index in [1.807, 2.05) is 6.08 Å². The third-order valence-corrected chi connectivity index (χ3v) is 12.6. The molecule has 370 valence electrons.